The Morgan fingerprint density at radius 2 is 1.92 bits per heavy atom. The van der Waals surface area contributed by atoms with E-state index in [0.717, 1.165) is 5.56 Å². The van der Waals surface area contributed by atoms with Crippen LogP contribution < -0.4 is 4.90 Å². The highest BCUT2D eigenvalue weighted by Gasteiger charge is 2.25. The fourth-order valence-corrected chi connectivity index (χ4v) is 2.54. The number of carboxylic acids is 1. The molecule has 0 saturated carbocycles. The van der Waals surface area contributed by atoms with Gasteiger partial charge in [0.15, 0.2) is 5.82 Å². The van der Waals surface area contributed by atoms with E-state index in [1.54, 1.807) is 18.2 Å². The predicted octanol–water partition coefficient (Wildman–Crippen LogP) is 3.15. The van der Waals surface area contributed by atoms with E-state index >= 15 is 0 Å². The van der Waals surface area contributed by atoms with Gasteiger partial charge < -0.3 is 10.0 Å². The third-order valence-electron chi connectivity index (χ3n) is 4.15. The Bertz CT molecular complexity index is 829. The Morgan fingerprint density at radius 1 is 1.25 bits per heavy atom. The summed E-state index contributed by atoms with van der Waals surface area (Å²) in [4.78, 5) is 22.5. The molecule has 5 nitrogen and oxygen atoms in total. The van der Waals surface area contributed by atoms with Crippen LogP contribution in [0.25, 0.3) is 17.3 Å². The van der Waals surface area contributed by atoms with E-state index in [-0.39, 0.29) is 23.9 Å². The predicted molar refractivity (Wildman–Crippen MR) is 90.3 cm³/mol. The summed E-state index contributed by atoms with van der Waals surface area (Å²) in [5.74, 6) is -0.619. The lowest BCUT2D eigenvalue weighted by Crippen LogP contribution is -2.28. The topological polar surface area (TPSA) is 66.3 Å². The highest BCUT2D eigenvalue weighted by molar-refractivity contribution is 5.95. The lowest BCUT2D eigenvalue weighted by molar-refractivity contribution is -0.132. The Balaban J connectivity index is 2.16. The summed E-state index contributed by atoms with van der Waals surface area (Å²) >= 11 is 0. The SMILES string of the molecule is CC(C)N(C)c1nc2c(nc1-c1ccc(F)cc1)C=C(C(=O)O)C2. The first kappa shape index (κ1) is 16.1. The van der Waals surface area contributed by atoms with Crippen LogP contribution in [0.3, 0.4) is 0 Å². The minimum atomic E-state index is -0.961. The number of halogens is 1. The van der Waals surface area contributed by atoms with Gasteiger partial charge in [-0.2, -0.15) is 0 Å². The van der Waals surface area contributed by atoms with E-state index < -0.39 is 5.97 Å². The first-order chi connectivity index (χ1) is 11.4. The Labute approximate surface area is 139 Å². The number of nitrogens with zero attached hydrogens (tertiary/aromatic N) is 3. The number of fused-ring (bicyclic) bond motifs is 1. The van der Waals surface area contributed by atoms with Crippen molar-refractivity contribution in [3.05, 3.63) is 47.0 Å². The van der Waals surface area contributed by atoms with Crippen molar-refractivity contribution in [1.29, 1.82) is 0 Å². The maximum atomic E-state index is 13.2. The molecule has 3 rings (SSSR count). The van der Waals surface area contributed by atoms with Gasteiger partial charge in [-0.1, -0.05) is 0 Å². The summed E-state index contributed by atoms with van der Waals surface area (Å²) in [6.07, 6.45) is 1.82. The number of rotatable bonds is 4. The third-order valence-corrected chi connectivity index (χ3v) is 4.15. The van der Waals surface area contributed by atoms with Gasteiger partial charge in [-0.15, -0.1) is 0 Å². The lowest BCUT2D eigenvalue weighted by atomic mass is 10.1. The minimum Gasteiger partial charge on any atom is -0.478 e. The van der Waals surface area contributed by atoms with E-state index in [4.69, 9.17) is 0 Å². The van der Waals surface area contributed by atoms with Gasteiger partial charge in [-0.05, 0) is 44.2 Å². The molecule has 0 bridgehead atoms. The van der Waals surface area contributed by atoms with Crippen LogP contribution in [0.5, 0.6) is 0 Å². The number of aromatic nitrogens is 2. The molecule has 1 aromatic carbocycles. The smallest absolute Gasteiger partial charge is 0.332 e. The molecule has 0 unspecified atom stereocenters. The summed E-state index contributed by atoms with van der Waals surface area (Å²) in [7, 11) is 1.91. The molecule has 1 aromatic heterocycles. The highest BCUT2D eigenvalue weighted by Crippen LogP contribution is 2.32. The molecule has 0 amide bonds. The molecule has 0 saturated heterocycles. The largest absolute Gasteiger partial charge is 0.478 e. The van der Waals surface area contributed by atoms with Crippen LogP contribution >= 0.6 is 0 Å². The summed E-state index contributed by atoms with van der Waals surface area (Å²) < 4.78 is 13.2. The van der Waals surface area contributed by atoms with Gasteiger partial charge in [0, 0.05) is 30.6 Å². The molecule has 6 heteroatoms. The van der Waals surface area contributed by atoms with Crippen molar-refractivity contribution < 1.29 is 14.3 Å². The van der Waals surface area contributed by atoms with Gasteiger partial charge in [0.2, 0.25) is 0 Å². The molecular formula is C18H18FN3O2. The summed E-state index contributed by atoms with van der Waals surface area (Å²) in [5, 5.41) is 9.19. The zero-order valence-electron chi connectivity index (χ0n) is 13.7. The van der Waals surface area contributed by atoms with Crippen molar-refractivity contribution in [2.75, 3.05) is 11.9 Å². The van der Waals surface area contributed by atoms with Crippen LogP contribution in [-0.2, 0) is 11.2 Å². The van der Waals surface area contributed by atoms with Gasteiger partial charge in [0.05, 0.1) is 11.4 Å². The molecule has 0 radical (unpaired) electrons. The summed E-state index contributed by atoms with van der Waals surface area (Å²) in [6, 6.07) is 6.24. The zero-order chi connectivity index (χ0) is 17.4. The van der Waals surface area contributed by atoms with Gasteiger partial charge in [-0.3, -0.25) is 0 Å². The van der Waals surface area contributed by atoms with Crippen LogP contribution in [0.4, 0.5) is 10.2 Å². The number of anilines is 1. The van der Waals surface area contributed by atoms with Crippen molar-refractivity contribution in [3.63, 3.8) is 0 Å². The second kappa shape index (κ2) is 6.03. The van der Waals surface area contributed by atoms with Gasteiger partial charge in [-0.25, -0.2) is 19.2 Å². The number of carboxylic acid groups (broad SMARTS) is 1. The Hall–Kier alpha value is -2.76. The molecular weight excluding hydrogens is 309 g/mol. The van der Waals surface area contributed by atoms with E-state index in [0.29, 0.717) is 22.9 Å². The molecule has 1 heterocycles. The number of carbonyl (C=O) groups is 1. The van der Waals surface area contributed by atoms with Crippen molar-refractivity contribution >= 4 is 17.9 Å². The van der Waals surface area contributed by atoms with Gasteiger partial charge in [0.25, 0.3) is 0 Å². The van der Waals surface area contributed by atoms with Gasteiger partial charge >= 0.3 is 5.97 Å². The molecule has 1 aliphatic rings. The number of aliphatic carboxylic acids is 1. The zero-order valence-corrected chi connectivity index (χ0v) is 13.7. The molecule has 1 aliphatic carbocycles. The minimum absolute atomic E-state index is 0.185. The van der Waals surface area contributed by atoms with Crippen LogP contribution in [0.2, 0.25) is 0 Å². The van der Waals surface area contributed by atoms with Crippen LogP contribution in [0.1, 0.15) is 25.2 Å². The van der Waals surface area contributed by atoms with Crippen molar-refractivity contribution in [2.24, 2.45) is 0 Å². The summed E-state index contributed by atoms with van der Waals surface area (Å²) in [5.41, 5.74) is 2.85. The standard InChI is InChI=1S/C18H18FN3O2/c1-10(2)22(3)17-16(11-4-6-13(19)7-5-11)20-14-8-12(18(23)24)9-15(14)21-17/h4-8,10H,9H2,1-3H3,(H,23,24). The molecule has 0 spiro atoms. The number of benzene rings is 1. The second-order valence-corrected chi connectivity index (χ2v) is 6.09. The molecule has 0 aliphatic heterocycles. The fourth-order valence-electron chi connectivity index (χ4n) is 2.54. The van der Waals surface area contributed by atoms with Crippen LogP contribution in [-0.4, -0.2) is 34.1 Å². The molecule has 124 valence electrons. The molecule has 0 atom stereocenters. The third kappa shape index (κ3) is 2.87. The number of hydrogen-bond acceptors (Lipinski definition) is 4. The van der Waals surface area contributed by atoms with Crippen molar-refractivity contribution in [3.8, 4) is 11.3 Å². The first-order valence-corrected chi connectivity index (χ1v) is 7.70. The Morgan fingerprint density at radius 3 is 2.50 bits per heavy atom. The maximum absolute atomic E-state index is 13.2. The monoisotopic (exact) mass is 327 g/mol. The molecule has 2 aromatic rings. The van der Waals surface area contributed by atoms with Crippen LogP contribution in [0, 0.1) is 5.82 Å². The van der Waals surface area contributed by atoms with Crippen LogP contribution in [0.15, 0.2) is 29.8 Å². The average Bonchev–Trinajstić information content (AvgIpc) is 2.97. The quantitative estimate of drug-likeness (QED) is 0.934. The van der Waals surface area contributed by atoms with E-state index in [1.807, 2.05) is 25.8 Å². The second-order valence-electron chi connectivity index (χ2n) is 6.09. The highest BCUT2D eigenvalue weighted by atomic mass is 19.1. The lowest BCUT2D eigenvalue weighted by Gasteiger charge is -2.25. The molecule has 0 fully saturated rings. The van der Waals surface area contributed by atoms with Crippen molar-refractivity contribution in [2.45, 2.75) is 26.3 Å². The van der Waals surface area contributed by atoms with Crippen molar-refractivity contribution in [1.82, 2.24) is 9.97 Å². The summed E-state index contributed by atoms with van der Waals surface area (Å²) in [6.45, 7) is 4.06. The fraction of sp³-hybridized carbons (Fsp3) is 0.278. The Kier molecular flexibility index (Phi) is 4.05. The van der Waals surface area contributed by atoms with E-state index in [1.165, 1.54) is 12.1 Å². The normalized spacial score (nSPS) is 13.0. The average molecular weight is 327 g/mol. The van der Waals surface area contributed by atoms with E-state index in [2.05, 4.69) is 9.97 Å². The molecule has 1 N–H and O–H groups in total. The maximum Gasteiger partial charge on any atom is 0.332 e. The molecule has 24 heavy (non-hydrogen) atoms. The number of hydrogen-bond donors (Lipinski definition) is 1. The van der Waals surface area contributed by atoms with Gasteiger partial charge in [0.1, 0.15) is 11.5 Å². The first-order valence-electron chi connectivity index (χ1n) is 7.70. The van der Waals surface area contributed by atoms with E-state index in [9.17, 15) is 14.3 Å².